The molecule has 0 atom stereocenters. The fourth-order valence-corrected chi connectivity index (χ4v) is 3.50. The van der Waals surface area contributed by atoms with E-state index in [-0.39, 0.29) is 5.02 Å². The van der Waals surface area contributed by atoms with Crippen LogP contribution in [-0.2, 0) is 6.54 Å². The van der Waals surface area contributed by atoms with Gasteiger partial charge in [-0.15, -0.1) is 11.3 Å². The van der Waals surface area contributed by atoms with E-state index in [1.807, 2.05) is 4.90 Å². The van der Waals surface area contributed by atoms with E-state index in [9.17, 15) is 4.39 Å². The molecule has 0 saturated heterocycles. The van der Waals surface area contributed by atoms with E-state index in [1.165, 1.54) is 21.4 Å². The zero-order valence-electron chi connectivity index (χ0n) is 14.0. The highest BCUT2D eigenvalue weighted by atomic mass is 35.5. The predicted octanol–water partition coefficient (Wildman–Crippen LogP) is 2.87. The van der Waals surface area contributed by atoms with Gasteiger partial charge in [-0.25, -0.2) is 4.39 Å². The smallest absolute Gasteiger partial charge is 0.174 e. The molecule has 0 saturated carbocycles. The average molecular weight is 387 g/mol. The first-order chi connectivity index (χ1) is 11.4. The van der Waals surface area contributed by atoms with Gasteiger partial charge in [-0.2, -0.15) is 0 Å². The van der Waals surface area contributed by atoms with Crippen LogP contribution in [0.5, 0.6) is 0 Å². The van der Waals surface area contributed by atoms with Gasteiger partial charge < -0.3 is 15.1 Å². The largest absolute Gasteiger partial charge is 0.357 e. The summed E-state index contributed by atoms with van der Waals surface area (Å²) >= 11 is 13.2. The average Bonchev–Trinajstić information content (AvgIpc) is 2.92. The molecule has 2 N–H and O–H groups in total. The molecule has 0 amide bonds. The molecular formula is C17H22ClFN3S2+. The van der Waals surface area contributed by atoms with Gasteiger partial charge in [0.1, 0.15) is 5.82 Å². The molecule has 1 aromatic carbocycles. The number of thiophene rings is 1. The number of nitrogens with one attached hydrogen (secondary N) is 2. The molecular weight excluding hydrogens is 365 g/mol. The summed E-state index contributed by atoms with van der Waals surface area (Å²) in [5.41, 5.74) is 2.00. The minimum absolute atomic E-state index is 0.0981. The molecule has 130 valence electrons. The van der Waals surface area contributed by atoms with Gasteiger partial charge in [0.2, 0.25) is 0 Å². The van der Waals surface area contributed by atoms with Crippen molar-refractivity contribution >= 4 is 46.0 Å². The van der Waals surface area contributed by atoms with Crippen LogP contribution in [0.15, 0.2) is 29.6 Å². The normalized spacial score (nSPS) is 10.9. The number of nitrogens with zero attached hydrogens (tertiary/aromatic N) is 1. The zero-order valence-corrected chi connectivity index (χ0v) is 16.4. The molecule has 7 heteroatoms. The third-order valence-electron chi connectivity index (χ3n) is 3.63. The number of aryl methyl sites for hydroxylation is 1. The first-order valence-corrected chi connectivity index (χ1v) is 9.37. The van der Waals surface area contributed by atoms with Crippen molar-refractivity contribution in [1.29, 1.82) is 0 Å². The first kappa shape index (κ1) is 19.1. The molecule has 0 unspecified atom stereocenters. The van der Waals surface area contributed by atoms with E-state index in [2.05, 4.69) is 37.8 Å². The summed E-state index contributed by atoms with van der Waals surface area (Å²) in [6.07, 6.45) is 0. The lowest BCUT2D eigenvalue weighted by Gasteiger charge is -2.26. The van der Waals surface area contributed by atoms with Crippen LogP contribution in [0.1, 0.15) is 10.4 Å². The molecule has 2 aromatic rings. The summed E-state index contributed by atoms with van der Waals surface area (Å²) in [7, 11) is 4.19. The Bertz CT molecular complexity index is 703. The fourth-order valence-electron chi connectivity index (χ4n) is 2.16. The Kier molecular flexibility index (Phi) is 6.98. The second-order valence-electron chi connectivity index (χ2n) is 5.90. The van der Waals surface area contributed by atoms with Crippen molar-refractivity contribution in [3.05, 3.63) is 50.9 Å². The van der Waals surface area contributed by atoms with Gasteiger partial charge >= 0.3 is 0 Å². The molecule has 0 fully saturated rings. The molecule has 2 rings (SSSR count). The zero-order chi connectivity index (χ0) is 17.7. The van der Waals surface area contributed by atoms with E-state index in [0.717, 1.165) is 18.8 Å². The van der Waals surface area contributed by atoms with Gasteiger partial charge in [0.25, 0.3) is 0 Å². The quantitative estimate of drug-likeness (QED) is 0.745. The number of hydrogen-bond donors (Lipinski definition) is 2. The number of rotatable bonds is 6. The van der Waals surface area contributed by atoms with Crippen molar-refractivity contribution in [1.82, 2.24) is 5.32 Å². The molecule has 0 aliphatic rings. The van der Waals surface area contributed by atoms with Crippen molar-refractivity contribution in [2.24, 2.45) is 0 Å². The number of thiocarbonyl (C=S) groups is 1. The van der Waals surface area contributed by atoms with Gasteiger partial charge in [-0.3, -0.25) is 0 Å². The lowest BCUT2D eigenvalue weighted by Crippen LogP contribution is -3.06. The summed E-state index contributed by atoms with van der Waals surface area (Å²) in [6, 6.07) is 6.78. The summed E-state index contributed by atoms with van der Waals surface area (Å²) in [6.45, 7) is 4.44. The molecule has 1 heterocycles. The maximum atomic E-state index is 13.5. The van der Waals surface area contributed by atoms with Crippen molar-refractivity contribution in [2.45, 2.75) is 13.5 Å². The summed E-state index contributed by atoms with van der Waals surface area (Å²) in [4.78, 5) is 4.53. The van der Waals surface area contributed by atoms with Crippen molar-refractivity contribution < 1.29 is 9.29 Å². The minimum Gasteiger partial charge on any atom is -0.357 e. The van der Waals surface area contributed by atoms with Crippen LogP contribution in [0.4, 0.5) is 10.1 Å². The minimum atomic E-state index is -0.428. The standard InChI is InChI=1S/C17H21ClFN3S2/c1-12-6-9-24-16(12)11-22(17(23)20-7-8-21(2)3)13-4-5-15(19)14(18)10-13/h4-6,9-10H,7-8,11H2,1-3H3,(H,20,23)/p+1. The SMILES string of the molecule is Cc1ccsc1CN(C(=S)NCC[NH+](C)C)c1ccc(F)c(Cl)c1. The van der Waals surface area contributed by atoms with Gasteiger partial charge in [0.15, 0.2) is 5.11 Å². The summed E-state index contributed by atoms with van der Waals surface area (Å²) in [5, 5.41) is 6.06. The van der Waals surface area contributed by atoms with Crippen molar-refractivity contribution in [3.8, 4) is 0 Å². The fraction of sp³-hybridized carbons (Fsp3) is 0.353. The third kappa shape index (κ3) is 5.14. The highest BCUT2D eigenvalue weighted by Gasteiger charge is 2.16. The highest BCUT2D eigenvalue weighted by Crippen LogP contribution is 2.26. The van der Waals surface area contributed by atoms with Crippen LogP contribution in [0, 0.1) is 12.7 Å². The highest BCUT2D eigenvalue weighted by molar-refractivity contribution is 7.80. The number of benzene rings is 1. The number of quaternary nitrogens is 1. The molecule has 0 radical (unpaired) electrons. The van der Waals surface area contributed by atoms with E-state index in [0.29, 0.717) is 11.7 Å². The van der Waals surface area contributed by atoms with Gasteiger partial charge in [-0.05, 0) is 54.4 Å². The Hall–Kier alpha value is -1.21. The van der Waals surface area contributed by atoms with E-state index in [4.69, 9.17) is 23.8 Å². The maximum absolute atomic E-state index is 13.5. The Morgan fingerprint density at radius 3 is 2.71 bits per heavy atom. The Balaban J connectivity index is 2.21. The first-order valence-electron chi connectivity index (χ1n) is 7.71. The van der Waals surface area contributed by atoms with Crippen molar-refractivity contribution in [3.63, 3.8) is 0 Å². The van der Waals surface area contributed by atoms with Crippen molar-refractivity contribution in [2.75, 3.05) is 32.1 Å². The summed E-state index contributed by atoms with van der Waals surface area (Å²) in [5.74, 6) is -0.428. The lowest BCUT2D eigenvalue weighted by molar-refractivity contribution is -0.856. The Morgan fingerprint density at radius 2 is 2.12 bits per heavy atom. The van der Waals surface area contributed by atoms with E-state index < -0.39 is 5.82 Å². The Morgan fingerprint density at radius 1 is 1.38 bits per heavy atom. The number of anilines is 1. The molecule has 0 aliphatic carbocycles. The number of likely N-dealkylation sites (N-methyl/N-ethyl adjacent to an activating group) is 1. The van der Waals surface area contributed by atoms with Crippen LogP contribution in [0.25, 0.3) is 0 Å². The molecule has 24 heavy (non-hydrogen) atoms. The van der Waals surface area contributed by atoms with Crippen LogP contribution in [0.3, 0.4) is 0 Å². The molecule has 0 bridgehead atoms. The van der Waals surface area contributed by atoms with Gasteiger partial charge in [0.05, 0.1) is 38.8 Å². The van der Waals surface area contributed by atoms with E-state index >= 15 is 0 Å². The Labute approximate surface area is 157 Å². The van der Waals surface area contributed by atoms with E-state index in [1.54, 1.807) is 23.5 Å². The monoisotopic (exact) mass is 386 g/mol. The summed E-state index contributed by atoms with van der Waals surface area (Å²) < 4.78 is 13.5. The van der Waals surface area contributed by atoms with Crippen LogP contribution in [-0.4, -0.2) is 32.3 Å². The second-order valence-corrected chi connectivity index (χ2v) is 7.69. The number of halogens is 2. The van der Waals surface area contributed by atoms with Crippen LogP contribution in [0.2, 0.25) is 5.02 Å². The maximum Gasteiger partial charge on any atom is 0.174 e. The van der Waals surface area contributed by atoms with Gasteiger partial charge in [-0.1, -0.05) is 11.6 Å². The topological polar surface area (TPSA) is 19.7 Å². The molecule has 3 nitrogen and oxygen atoms in total. The second kappa shape index (κ2) is 8.76. The van der Waals surface area contributed by atoms with Crippen LogP contribution < -0.4 is 15.1 Å². The third-order valence-corrected chi connectivity index (χ3v) is 5.29. The van der Waals surface area contributed by atoms with Gasteiger partial charge in [0, 0.05) is 10.6 Å². The lowest BCUT2D eigenvalue weighted by atomic mass is 10.2. The number of hydrogen-bond acceptors (Lipinski definition) is 2. The molecule has 1 aromatic heterocycles. The molecule has 0 aliphatic heterocycles. The molecule has 0 spiro atoms. The van der Waals surface area contributed by atoms with Crippen LogP contribution >= 0.6 is 35.2 Å². The predicted molar refractivity (Wildman–Crippen MR) is 105 cm³/mol.